The van der Waals surface area contributed by atoms with Gasteiger partial charge in [0.05, 0.1) is 6.61 Å². The molecule has 20 heavy (non-hydrogen) atoms. The van der Waals surface area contributed by atoms with Crippen LogP contribution in [0, 0.1) is 0 Å². The predicted molar refractivity (Wildman–Crippen MR) is 81.1 cm³/mol. The van der Waals surface area contributed by atoms with Gasteiger partial charge >= 0.3 is 0 Å². The third kappa shape index (κ3) is 4.49. The minimum Gasteiger partial charge on any atom is -0.395 e. The number of anilines is 1. The molecule has 0 fully saturated rings. The third-order valence-electron chi connectivity index (χ3n) is 3.04. The number of carbonyl (C=O) groups is 1. The number of amides is 1. The van der Waals surface area contributed by atoms with Gasteiger partial charge in [0, 0.05) is 31.4 Å². The summed E-state index contributed by atoms with van der Waals surface area (Å²) in [7, 11) is 1.80. The molecular formula is C15H25N3O2. The number of carbonyl (C=O) groups excluding carboxylic acids is 1. The minimum absolute atomic E-state index is 0.0163. The molecule has 2 N–H and O–H groups in total. The van der Waals surface area contributed by atoms with Crippen LogP contribution in [0.4, 0.5) is 5.82 Å². The molecule has 0 saturated heterocycles. The molecule has 0 aliphatic heterocycles. The molecule has 0 saturated carbocycles. The Hall–Kier alpha value is -1.62. The maximum absolute atomic E-state index is 12.5. The summed E-state index contributed by atoms with van der Waals surface area (Å²) in [5, 5.41) is 12.1. The summed E-state index contributed by atoms with van der Waals surface area (Å²) in [6.45, 7) is 5.11. The maximum Gasteiger partial charge on any atom is 0.254 e. The second-order valence-corrected chi connectivity index (χ2v) is 4.75. The summed E-state index contributed by atoms with van der Waals surface area (Å²) >= 11 is 0. The fourth-order valence-electron chi connectivity index (χ4n) is 2.11. The maximum atomic E-state index is 12.5. The van der Waals surface area contributed by atoms with Gasteiger partial charge in [-0.05, 0) is 25.0 Å². The molecule has 5 heteroatoms. The second kappa shape index (κ2) is 8.53. The number of aliphatic hydroxyl groups is 1. The molecule has 1 aromatic heterocycles. The fraction of sp³-hybridized carbons (Fsp3) is 0.600. The Kier molecular flexibility index (Phi) is 7.01. The number of aromatic nitrogens is 1. The van der Waals surface area contributed by atoms with E-state index in [1.807, 2.05) is 13.0 Å². The van der Waals surface area contributed by atoms with Crippen LogP contribution in [0.1, 0.15) is 42.7 Å². The van der Waals surface area contributed by atoms with E-state index in [4.69, 9.17) is 5.11 Å². The molecule has 0 spiro atoms. The number of nitrogens with one attached hydrogen (secondary N) is 1. The summed E-state index contributed by atoms with van der Waals surface area (Å²) < 4.78 is 0. The number of hydrogen-bond donors (Lipinski definition) is 2. The molecule has 0 unspecified atom stereocenters. The molecule has 0 atom stereocenters. The Bertz CT molecular complexity index is 429. The lowest BCUT2D eigenvalue weighted by atomic mass is 10.1. The Balaban J connectivity index is 3.02. The Morgan fingerprint density at radius 1 is 1.30 bits per heavy atom. The fourth-order valence-corrected chi connectivity index (χ4v) is 2.11. The summed E-state index contributed by atoms with van der Waals surface area (Å²) in [5.41, 5.74) is 1.55. The molecule has 0 aliphatic rings. The SMILES string of the molecule is CCCc1cc(C(=O)N(CCC)CCO)cc(NC)n1. The van der Waals surface area contributed by atoms with E-state index < -0.39 is 0 Å². The van der Waals surface area contributed by atoms with E-state index in [1.165, 1.54) is 0 Å². The largest absolute Gasteiger partial charge is 0.395 e. The quantitative estimate of drug-likeness (QED) is 0.763. The predicted octanol–water partition coefficient (Wildman–Crippen LogP) is 1.92. The molecule has 1 heterocycles. The van der Waals surface area contributed by atoms with Crippen molar-refractivity contribution >= 4 is 11.7 Å². The lowest BCUT2D eigenvalue weighted by Gasteiger charge is -2.21. The summed E-state index contributed by atoms with van der Waals surface area (Å²) in [6, 6.07) is 3.62. The first-order valence-electron chi connectivity index (χ1n) is 7.25. The van der Waals surface area contributed by atoms with E-state index in [0.717, 1.165) is 25.0 Å². The standard InChI is InChI=1S/C15H25N3O2/c1-4-6-13-10-12(11-14(16-3)17-13)15(20)18(7-5-2)8-9-19/h10-11,19H,4-9H2,1-3H3,(H,16,17). The molecule has 0 radical (unpaired) electrons. The highest BCUT2D eigenvalue weighted by Gasteiger charge is 2.16. The van der Waals surface area contributed by atoms with Crippen molar-refractivity contribution in [2.24, 2.45) is 0 Å². The van der Waals surface area contributed by atoms with Crippen LogP contribution in [-0.2, 0) is 6.42 Å². The van der Waals surface area contributed by atoms with E-state index in [2.05, 4.69) is 17.2 Å². The zero-order chi connectivity index (χ0) is 15.0. The van der Waals surface area contributed by atoms with Crippen molar-refractivity contribution in [2.75, 3.05) is 32.1 Å². The van der Waals surface area contributed by atoms with E-state index in [1.54, 1.807) is 18.0 Å². The second-order valence-electron chi connectivity index (χ2n) is 4.75. The van der Waals surface area contributed by atoms with Gasteiger partial charge in [-0.25, -0.2) is 4.98 Å². The molecule has 1 aromatic rings. The van der Waals surface area contributed by atoms with Gasteiger partial charge in [-0.15, -0.1) is 0 Å². The van der Waals surface area contributed by atoms with Crippen molar-refractivity contribution in [1.29, 1.82) is 0 Å². The highest BCUT2D eigenvalue weighted by Crippen LogP contribution is 2.14. The van der Waals surface area contributed by atoms with Gasteiger partial charge in [-0.1, -0.05) is 20.3 Å². The summed E-state index contributed by atoms with van der Waals surface area (Å²) in [5.74, 6) is 0.664. The van der Waals surface area contributed by atoms with Gasteiger partial charge in [-0.3, -0.25) is 4.79 Å². The number of nitrogens with zero attached hydrogens (tertiary/aromatic N) is 2. The van der Waals surface area contributed by atoms with Gasteiger partial charge in [0.2, 0.25) is 0 Å². The molecule has 112 valence electrons. The normalized spacial score (nSPS) is 10.4. The van der Waals surface area contributed by atoms with Crippen LogP contribution < -0.4 is 5.32 Å². The molecule has 1 rings (SSSR count). The zero-order valence-corrected chi connectivity index (χ0v) is 12.6. The number of rotatable bonds is 8. The summed E-state index contributed by atoms with van der Waals surface area (Å²) in [4.78, 5) is 18.6. The van der Waals surface area contributed by atoms with Crippen molar-refractivity contribution in [3.8, 4) is 0 Å². The third-order valence-corrected chi connectivity index (χ3v) is 3.04. The molecule has 1 amide bonds. The Morgan fingerprint density at radius 3 is 2.60 bits per heavy atom. The highest BCUT2D eigenvalue weighted by molar-refractivity contribution is 5.95. The number of aryl methyl sites for hydroxylation is 1. The molecule has 0 aromatic carbocycles. The molecule has 0 bridgehead atoms. The van der Waals surface area contributed by atoms with E-state index in [0.29, 0.717) is 24.5 Å². The topological polar surface area (TPSA) is 65.5 Å². The van der Waals surface area contributed by atoms with Crippen LogP contribution >= 0.6 is 0 Å². The van der Waals surface area contributed by atoms with Crippen LogP contribution in [0.15, 0.2) is 12.1 Å². The summed E-state index contributed by atoms with van der Waals surface area (Å²) in [6.07, 6.45) is 2.71. The Labute approximate surface area is 121 Å². The van der Waals surface area contributed by atoms with E-state index in [-0.39, 0.29) is 12.5 Å². The smallest absolute Gasteiger partial charge is 0.254 e. The van der Waals surface area contributed by atoms with Crippen LogP contribution in [-0.4, -0.2) is 47.6 Å². The van der Waals surface area contributed by atoms with E-state index >= 15 is 0 Å². The van der Waals surface area contributed by atoms with Crippen molar-refractivity contribution in [3.63, 3.8) is 0 Å². The highest BCUT2D eigenvalue weighted by atomic mass is 16.3. The number of pyridine rings is 1. The zero-order valence-electron chi connectivity index (χ0n) is 12.6. The molecule has 0 aliphatic carbocycles. The first-order chi connectivity index (χ1) is 9.65. The van der Waals surface area contributed by atoms with Crippen LogP contribution in [0.3, 0.4) is 0 Å². The first-order valence-corrected chi connectivity index (χ1v) is 7.25. The average molecular weight is 279 g/mol. The van der Waals surface area contributed by atoms with Crippen molar-refractivity contribution in [2.45, 2.75) is 33.1 Å². The number of aliphatic hydroxyl groups excluding tert-OH is 1. The first kappa shape index (κ1) is 16.4. The minimum atomic E-state index is -0.0443. The van der Waals surface area contributed by atoms with Crippen LogP contribution in [0.25, 0.3) is 0 Å². The van der Waals surface area contributed by atoms with Crippen molar-refractivity contribution < 1.29 is 9.90 Å². The van der Waals surface area contributed by atoms with Crippen LogP contribution in [0.2, 0.25) is 0 Å². The van der Waals surface area contributed by atoms with Gasteiger partial charge in [0.1, 0.15) is 5.82 Å². The molecule has 5 nitrogen and oxygen atoms in total. The van der Waals surface area contributed by atoms with Crippen molar-refractivity contribution in [1.82, 2.24) is 9.88 Å². The van der Waals surface area contributed by atoms with E-state index in [9.17, 15) is 4.79 Å². The Morgan fingerprint density at radius 2 is 2.05 bits per heavy atom. The van der Waals surface area contributed by atoms with Gasteiger partial charge in [0.15, 0.2) is 0 Å². The van der Waals surface area contributed by atoms with Gasteiger partial charge in [-0.2, -0.15) is 0 Å². The number of hydrogen-bond acceptors (Lipinski definition) is 4. The van der Waals surface area contributed by atoms with Crippen molar-refractivity contribution in [3.05, 3.63) is 23.4 Å². The van der Waals surface area contributed by atoms with Crippen LogP contribution in [0.5, 0.6) is 0 Å². The monoisotopic (exact) mass is 279 g/mol. The lowest BCUT2D eigenvalue weighted by molar-refractivity contribution is 0.0722. The lowest BCUT2D eigenvalue weighted by Crippen LogP contribution is -2.34. The van der Waals surface area contributed by atoms with Gasteiger partial charge in [0.25, 0.3) is 5.91 Å². The average Bonchev–Trinajstić information content (AvgIpc) is 2.46. The van der Waals surface area contributed by atoms with Gasteiger partial charge < -0.3 is 15.3 Å². The molecular weight excluding hydrogens is 254 g/mol.